The van der Waals surface area contributed by atoms with Crippen molar-refractivity contribution < 1.29 is 28.7 Å². The predicted molar refractivity (Wildman–Crippen MR) is 130 cm³/mol. The number of amides is 1. The van der Waals surface area contributed by atoms with Crippen LogP contribution in [0.3, 0.4) is 0 Å². The SMILES string of the molecule is CC(C)(C)OC(=O)N1CCC(CCOc2ccc(OC[C@H]3CCn4cc([N+](=O)[O-])nc4O3)cc2)CC1. The van der Waals surface area contributed by atoms with Crippen molar-refractivity contribution >= 4 is 11.9 Å². The number of imidazole rings is 1. The molecule has 0 bridgehead atoms. The fraction of sp³-hybridized carbons (Fsp3) is 0.600. The van der Waals surface area contributed by atoms with Crippen LogP contribution < -0.4 is 14.2 Å². The number of fused-ring (bicyclic) bond motifs is 1. The monoisotopic (exact) mass is 502 g/mol. The third-order valence-electron chi connectivity index (χ3n) is 6.20. The van der Waals surface area contributed by atoms with Crippen LogP contribution in [-0.4, -0.2) is 63.5 Å². The summed E-state index contributed by atoms with van der Waals surface area (Å²) in [6.07, 6.45) is 4.45. The molecule has 0 aliphatic carbocycles. The number of aromatic nitrogens is 2. The molecule has 4 rings (SSSR count). The Morgan fingerprint density at radius 1 is 1.11 bits per heavy atom. The number of aryl methyl sites for hydroxylation is 1. The second kappa shape index (κ2) is 11.0. The highest BCUT2D eigenvalue weighted by molar-refractivity contribution is 5.68. The van der Waals surface area contributed by atoms with Crippen LogP contribution in [0.1, 0.15) is 46.5 Å². The van der Waals surface area contributed by atoms with E-state index in [4.69, 9.17) is 18.9 Å². The summed E-state index contributed by atoms with van der Waals surface area (Å²) in [6.45, 7) is 8.61. The maximum Gasteiger partial charge on any atom is 0.414 e. The van der Waals surface area contributed by atoms with E-state index in [0.29, 0.717) is 37.8 Å². The molecule has 11 heteroatoms. The van der Waals surface area contributed by atoms with Gasteiger partial charge in [-0.25, -0.2) is 4.79 Å². The summed E-state index contributed by atoms with van der Waals surface area (Å²) in [4.78, 5) is 28.2. The maximum atomic E-state index is 12.2. The molecular formula is C25H34N4O7. The van der Waals surface area contributed by atoms with E-state index >= 15 is 0 Å². The van der Waals surface area contributed by atoms with Gasteiger partial charge in [-0.1, -0.05) is 0 Å². The van der Waals surface area contributed by atoms with Gasteiger partial charge < -0.3 is 34.0 Å². The number of carbonyl (C=O) groups is 1. The van der Waals surface area contributed by atoms with Crippen molar-refractivity contribution in [3.8, 4) is 17.5 Å². The number of likely N-dealkylation sites (tertiary alicyclic amines) is 1. The van der Waals surface area contributed by atoms with Crippen molar-refractivity contribution in [2.24, 2.45) is 5.92 Å². The number of carbonyl (C=O) groups excluding carboxylic acids is 1. The Kier molecular flexibility index (Phi) is 7.85. The standard InChI is InChI=1S/C25H34N4O7/c1-25(2,3)36-24(30)27-12-8-18(9-13-27)11-15-33-19-4-6-20(7-5-19)34-17-21-10-14-28-16-22(29(31)32)26-23(28)35-21/h4-7,16,18,21H,8-15,17H2,1-3H3/t21-/m1/s1. The van der Waals surface area contributed by atoms with E-state index in [0.717, 1.165) is 38.1 Å². The third kappa shape index (κ3) is 7.02. The Bertz CT molecular complexity index is 1040. The Morgan fingerprint density at radius 3 is 2.42 bits per heavy atom. The minimum absolute atomic E-state index is 0.214. The largest absolute Gasteiger partial charge is 0.494 e. The van der Waals surface area contributed by atoms with Crippen LogP contribution in [0.25, 0.3) is 0 Å². The van der Waals surface area contributed by atoms with E-state index in [-0.39, 0.29) is 24.0 Å². The second-order valence-corrected chi connectivity index (χ2v) is 10.2. The summed E-state index contributed by atoms with van der Waals surface area (Å²) in [6, 6.07) is 7.70. The summed E-state index contributed by atoms with van der Waals surface area (Å²) < 4.78 is 24.6. The van der Waals surface area contributed by atoms with Crippen molar-refractivity contribution in [3.05, 3.63) is 40.6 Å². The Hall–Kier alpha value is -3.50. The Morgan fingerprint density at radius 2 is 1.78 bits per heavy atom. The summed E-state index contributed by atoms with van der Waals surface area (Å²) in [5, 5.41) is 10.9. The zero-order chi connectivity index (χ0) is 25.7. The molecule has 0 N–H and O–H groups in total. The molecule has 2 aliphatic rings. The highest BCUT2D eigenvalue weighted by Gasteiger charge is 2.29. The second-order valence-electron chi connectivity index (χ2n) is 10.2. The molecule has 36 heavy (non-hydrogen) atoms. The van der Waals surface area contributed by atoms with Crippen LogP contribution in [0.2, 0.25) is 0 Å². The molecule has 1 amide bonds. The molecule has 0 unspecified atom stereocenters. The summed E-state index contributed by atoms with van der Waals surface area (Å²) in [5.41, 5.74) is -0.471. The lowest BCUT2D eigenvalue weighted by atomic mass is 9.94. The number of piperidine rings is 1. The maximum absolute atomic E-state index is 12.2. The van der Waals surface area contributed by atoms with Crippen LogP contribution >= 0.6 is 0 Å². The molecule has 1 fully saturated rings. The van der Waals surface area contributed by atoms with E-state index in [1.807, 2.05) is 45.0 Å². The van der Waals surface area contributed by atoms with Gasteiger partial charge in [0.05, 0.1) is 6.61 Å². The van der Waals surface area contributed by atoms with Gasteiger partial charge in [0.1, 0.15) is 36.0 Å². The number of nitrogens with zero attached hydrogens (tertiary/aromatic N) is 4. The van der Waals surface area contributed by atoms with Crippen molar-refractivity contribution in [1.82, 2.24) is 14.5 Å². The van der Waals surface area contributed by atoms with Crippen LogP contribution in [-0.2, 0) is 11.3 Å². The molecule has 2 aliphatic heterocycles. The first-order chi connectivity index (χ1) is 17.2. The van der Waals surface area contributed by atoms with E-state index in [1.165, 1.54) is 6.20 Å². The highest BCUT2D eigenvalue weighted by Crippen LogP contribution is 2.26. The van der Waals surface area contributed by atoms with Gasteiger partial charge in [0.15, 0.2) is 0 Å². The van der Waals surface area contributed by atoms with Crippen molar-refractivity contribution in [1.29, 1.82) is 0 Å². The first-order valence-electron chi connectivity index (χ1n) is 12.4. The molecule has 0 saturated carbocycles. The molecular weight excluding hydrogens is 468 g/mol. The first-order valence-corrected chi connectivity index (χ1v) is 12.4. The molecule has 3 heterocycles. The van der Waals surface area contributed by atoms with E-state index in [9.17, 15) is 14.9 Å². The molecule has 196 valence electrons. The van der Waals surface area contributed by atoms with Gasteiger partial charge in [0, 0.05) is 31.0 Å². The minimum Gasteiger partial charge on any atom is -0.494 e. The Balaban J connectivity index is 1.13. The third-order valence-corrected chi connectivity index (χ3v) is 6.20. The highest BCUT2D eigenvalue weighted by atomic mass is 16.6. The molecule has 0 spiro atoms. The van der Waals surface area contributed by atoms with E-state index in [2.05, 4.69) is 4.98 Å². The smallest absolute Gasteiger partial charge is 0.414 e. The van der Waals surface area contributed by atoms with Crippen molar-refractivity contribution in [2.45, 2.75) is 64.7 Å². The number of benzene rings is 1. The number of hydrogen-bond acceptors (Lipinski definition) is 8. The normalized spacial score (nSPS) is 18.2. The number of nitro groups is 1. The fourth-order valence-electron chi connectivity index (χ4n) is 4.23. The average Bonchev–Trinajstić information content (AvgIpc) is 3.27. The number of rotatable bonds is 8. The molecule has 0 radical (unpaired) electrons. The van der Waals surface area contributed by atoms with Crippen LogP contribution in [0, 0.1) is 16.0 Å². The lowest BCUT2D eigenvalue weighted by Gasteiger charge is -2.33. The van der Waals surface area contributed by atoms with Crippen LogP contribution in [0.5, 0.6) is 17.5 Å². The van der Waals surface area contributed by atoms with Crippen molar-refractivity contribution in [3.63, 3.8) is 0 Å². The molecule has 1 aromatic heterocycles. The van der Waals surface area contributed by atoms with Crippen LogP contribution in [0.4, 0.5) is 10.6 Å². The zero-order valence-corrected chi connectivity index (χ0v) is 21.1. The molecule has 2 aromatic rings. The topological polar surface area (TPSA) is 118 Å². The van der Waals surface area contributed by atoms with Gasteiger partial charge in [-0.2, -0.15) is 0 Å². The Labute approximate surface area is 210 Å². The minimum atomic E-state index is -0.529. The number of ether oxygens (including phenoxy) is 4. The van der Waals surface area contributed by atoms with Gasteiger partial charge >= 0.3 is 17.9 Å². The molecule has 1 aromatic carbocycles. The molecule has 11 nitrogen and oxygen atoms in total. The summed E-state index contributed by atoms with van der Waals surface area (Å²) >= 11 is 0. The molecule has 1 saturated heterocycles. The predicted octanol–water partition coefficient (Wildman–Crippen LogP) is 4.44. The first kappa shape index (κ1) is 25.6. The van der Waals surface area contributed by atoms with Crippen molar-refractivity contribution in [2.75, 3.05) is 26.3 Å². The zero-order valence-electron chi connectivity index (χ0n) is 21.1. The van der Waals surface area contributed by atoms with Gasteiger partial charge in [0.25, 0.3) is 0 Å². The fourth-order valence-corrected chi connectivity index (χ4v) is 4.23. The van der Waals surface area contributed by atoms with Gasteiger partial charge in [-0.3, -0.25) is 4.57 Å². The number of hydrogen-bond donors (Lipinski definition) is 0. The quantitative estimate of drug-likeness (QED) is 0.384. The average molecular weight is 503 g/mol. The van der Waals surface area contributed by atoms with Crippen LogP contribution in [0.15, 0.2) is 30.5 Å². The summed E-state index contributed by atoms with van der Waals surface area (Å²) in [5.74, 6) is 1.78. The lowest BCUT2D eigenvalue weighted by Crippen LogP contribution is -2.41. The lowest BCUT2D eigenvalue weighted by molar-refractivity contribution is -0.389. The summed E-state index contributed by atoms with van der Waals surface area (Å²) in [7, 11) is 0. The molecule has 1 atom stereocenters. The van der Waals surface area contributed by atoms with E-state index < -0.39 is 10.5 Å². The van der Waals surface area contributed by atoms with Gasteiger partial charge in [0.2, 0.25) is 0 Å². The van der Waals surface area contributed by atoms with E-state index in [1.54, 1.807) is 9.47 Å². The van der Waals surface area contributed by atoms with Gasteiger partial charge in [-0.15, -0.1) is 0 Å². The van der Waals surface area contributed by atoms with Gasteiger partial charge in [-0.05, 0) is 75.1 Å².